The van der Waals surface area contributed by atoms with Crippen LogP contribution in [0.1, 0.15) is 19.0 Å². The maximum absolute atomic E-state index is 12.5. The minimum Gasteiger partial charge on any atom is -0.377 e. The van der Waals surface area contributed by atoms with Gasteiger partial charge in [-0.1, -0.05) is 0 Å². The van der Waals surface area contributed by atoms with Crippen LogP contribution in [0.15, 0.2) is 23.2 Å². The van der Waals surface area contributed by atoms with Gasteiger partial charge in [0.1, 0.15) is 4.90 Å². The Hall–Kier alpha value is -1.02. The van der Waals surface area contributed by atoms with Crippen molar-refractivity contribution in [1.82, 2.24) is 9.29 Å². The molecule has 2 N–H and O–H groups in total. The molecule has 2 unspecified atom stereocenters. The van der Waals surface area contributed by atoms with E-state index >= 15 is 0 Å². The number of pyridine rings is 1. The predicted molar refractivity (Wildman–Crippen MR) is 70.9 cm³/mol. The highest BCUT2D eigenvalue weighted by Gasteiger charge is 2.35. The molecule has 19 heavy (non-hydrogen) atoms. The maximum atomic E-state index is 12.5. The van der Waals surface area contributed by atoms with Crippen molar-refractivity contribution in [3.05, 3.63) is 24.0 Å². The highest BCUT2D eigenvalue weighted by molar-refractivity contribution is 7.89. The number of aromatic nitrogens is 1. The summed E-state index contributed by atoms with van der Waals surface area (Å²) >= 11 is 0. The first-order valence-electron chi connectivity index (χ1n) is 6.21. The zero-order valence-corrected chi connectivity index (χ0v) is 11.9. The van der Waals surface area contributed by atoms with E-state index in [1.165, 1.54) is 10.5 Å². The molecule has 1 aromatic rings. The fraction of sp³-hybridized carbons (Fsp3) is 0.583. The Morgan fingerprint density at radius 3 is 2.74 bits per heavy atom. The number of sulfonamides is 1. The summed E-state index contributed by atoms with van der Waals surface area (Å²) in [6, 6.07) is 3.05. The Morgan fingerprint density at radius 1 is 1.53 bits per heavy atom. The monoisotopic (exact) mass is 285 g/mol. The molecular weight excluding hydrogens is 266 g/mol. The van der Waals surface area contributed by atoms with Crippen molar-refractivity contribution in [2.24, 2.45) is 5.73 Å². The van der Waals surface area contributed by atoms with E-state index < -0.39 is 10.0 Å². The van der Waals surface area contributed by atoms with Gasteiger partial charge in [-0.25, -0.2) is 8.42 Å². The van der Waals surface area contributed by atoms with Crippen LogP contribution in [0.25, 0.3) is 0 Å². The van der Waals surface area contributed by atoms with Gasteiger partial charge in [0.15, 0.2) is 0 Å². The Labute approximate surface area is 113 Å². The summed E-state index contributed by atoms with van der Waals surface area (Å²) in [5.74, 6) is 0. The SMILES string of the molecule is CC1OCCC1N(C)S(=O)(=O)c1ccc(CN)nc1. The summed E-state index contributed by atoms with van der Waals surface area (Å²) < 4.78 is 31.7. The molecule has 2 heterocycles. The minimum atomic E-state index is -3.53. The lowest BCUT2D eigenvalue weighted by atomic mass is 10.2. The summed E-state index contributed by atoms with van der Waals surface area (Å²) in [5, 5.41) is 0. The Balaban J connectivity index is 2.25. The number of ether oxygens (including phenoxy) is 1. The maximum Gasteiger partial charge on any atom is 0.244 e. The predicted octanol–water partition coefficient (Wildman–Crippen LogP) is 0.338. The molecular formula is C12H19N3O3S. The molecule has 0 saturated carbocycles. The van der Waals surface area contributed by atoms with Gasteiger partial charge in [-0.05, 0) is 25.5 Å². The first kappa shape index (κ1) is 14.4. The average Bonchev–Trinajstić information content (AvgIpc) is 2.84. The van der Waals surface area contributed by atoms with Gasteiger partial charge >= 0.3 is 0 Å². The van der Waals surface area contributed by atoms with Gasteiger partial charge in [0.05, 0.1) is 17.8 Å². The van der Waals surface area contributed by atoms with Crippen molar-refractivity contribution < 1.29 is 13.2 Å². The standard InChI is InChI=1S/C12H19N3O3S/c1-9-12(5-6-18-9)15(2)19(16,17)11-4-3-10(7-13)14-8-11/h3-4,8-9,12H,5-7,13H2,1-2H3. The first-order chi connectivity index (χ1) is 8.96. The number of nitrogens with zero attached hydrogens (tertiary/aromatic N) is 2. The molecule has 0 amide bonds. The van der Waals surface area contributed by atoms with Crippen LogP contribution >= 0.6 is 0 Å². The molecule has 1 aliphatic heterocycles. The Bertz CT molecular complexity index is 530. The van der Waals surface area contributed by atoms with E-state index in [9.17, 15) is 8.42 Å². The quantitative estimate of drug-likeness (QED) is 0.862. The fourth-order valence-corrected chi connectivity index (χ4v) is 3.62. The molecule has 1 saturated heterocycles. The molecule has 0 radical (unpaired) electrons. The molecule has 0 spiro atoms. The third-order valence-electron chi connectivity index (χ3n) is 3.49. The van der Waals surface area contributed by atoms with Crippen molar-refractivity contribution in [3.63, 3.8) is 0 Å². The van der Waals surface area contributed by atoms with Gasteiger partial charge in [0.25, 0.3) is 0 Å². The fourth-order valence-electron chi connectivity index (χ4n) is 2.23. The van der Waals surface area contributed by atoms with E-state index in [-0.39, 0.29) is 17.0 Å². The molecule has 1 aliphatic rings. The van der Waals surface area contributed by atoms with Crippen LogP contribution in [0.3, 0.4) is 0 Å². The molecule has 2 rings (SSSR count). The van der Waals surface area contributed by atoms with Gasteiger partial charge in [-0.2, -0.15) is 4.31 Å². The van der Waals surface area contributed by atoms with Gasteiger partial charge in [0.2, 0.25) is 10.0 Å². The molecule has 106 valence electrons. The Morgan fingerprint density at radius 2 is 2.26 bits per heavy atom. The highest BCUT2D eigenvalue weighted by Crippen LogP contribution is 2.24. The van der Waals surface area contributed by atoms with Gasteiger partial charge in [-0.3, -0.25) is 4.98 Å². The zero-order valence-electron chi connectivity index (χ0n) is 11.1. The van der Waals surface area contributed by atoms with Crippen LogP contribution < -0.4 is 5.73 Å². The van der Waals surface area contributed by atoms with Crippen LogP contribution in [-0.2, 0) is 21.3 Å². The van der Waals surface area contributed by atoms with Crippen LogP contribution in [0, 0.1) is 0 Å². The van der Waals surface area contributed by atoms with E-state index in [2.05, 4.69) is 4.98 Å². The van der Waals surface area contributed by atoms with Crippen molar-refractivity contribution in [2.75, 3.05) is 13.7 Å². The number of nitrogens with two attached hydrogens (primary N) is 1. The van der Waals surface area contributed by atoms with Crippen LogP contribution in [-0.4, -0.2) is 43.5 Å². The minimum absolute atomic E-state index is 0.0870. The van der Waals surface area contributed by atoms with Crippen LogP contribution in [0.4, 0.5) is 0 Å². The number of hydrogen-bond acceptors (Lipinski definition) is 5. The molecule has 1 aromatic heterocycles. The van der Waals surface area contributed by atoms with E-state index in [1.54, 1.807) is 19.2 Å². The summed E-state index contributed by atoms with van der Waals surface area (Å²) in [5.41, 5.74) is 6.11. The van der Waals surface area contributed by atoms with Gasteiger partial charge in [0, 0.05) is 26.4 Å². The van der Waals surface area contributed by atoms with Crippen LogP contribution in [0.2, 0.25) is 0 Å². The van der Waals surface area contributed by atoms with Crippen LogP contribution in [0.5, 0.6) is 0 Å². The summed E-state index contributed by atoms with van der Waals surface area (Å²) in [6.07, 6.45) is 1.98. The largest absolute Gasteiger partial charge is 0.377 e. The highest BCUT2D eigenvalue weighted by atomic mass is 32.2. The average molecular weight is 285 g/mol. The van der Waals surface area contributed by atoms with Gasteiger partial charge < -0.3 is 10.5 Å². The third-order valence-corrected chi connectivity index (χ3v) is 5.35. The van der Waals surface area contributed by atoms with Gasteiger partial charge in [-0.15, -0.1) is 0 Å². The molecule has 2 atom stereocenters. The molecule has 7 heteroatoms. The lowest BCUT2D eigenvalue weighted by molar-refractivity contribution is 0.102. The number of rotatable bonds is 4. The Kier molecular flexibility index (Phi) is 4.19. The third kappa shape index (κ3) is 2.79. The van der Waals surface area contributed by atoms with Crippen molar-refractivity contribution in [3.8, 4) is 0 Å². The molecule has 1 fully saturated rings. The molecule has 0 bridgehead atoms. The first-order valence-corrected chi connectivity index (χ1v) is 7.65. The smallest absolute Gasteiger partial charge is 0.244 e. The summed E-state index contributed by atoms with van der Waals surface area (Å²) in [4.78, 5) is 4.22. The van der Waals surface area contributed by atoms with Crippen molar-refractivity contribution in [1.29, 1.82) is 0 Å². The number of hydrogen-bond donors (Lipinski definition) is 1. The number of likely N-dealkylation sites (N-methyl/N-ethyl adjacent to an activating group) is 1. The normalized spacial score (nSPS) is 24.0. The van der Waals surface area contributed by atoms with E-state index in [0.29, 0.717) is 25.3 Å². The second kappa shape index (κ2) is 5.54. The van der Waals surface area contributed by atoms with Crippen molar-refractivity contribution in [2.45, 2.75) is 36.9 Å². The zero-order chi connectivity index (χ0) is 14.0. The summed E-state index contributed by atoms with van der Waals surface area (Å²) in [7, 11) is -1.94. The molecule has 0 aromatic carbocycles. The van der Waals surface area contributed by atoms with Crippen molar-refractivity contribution >= 4 is 10.0 Å². The van der Waals surface area contributed by atoms with E-state index in [0.717, 1.165) is 0 Å². The topological polar surface area (TPSA) is 85.5 Å². The molecule has 0 aliphatic carbocycles. The second-order valence-corrected chi connectivity index (χ2v) is 6.64. The second-order valence-electron chi connectivity index (χ2n) is 4.64. The van der Waals surface area contributed by atoms with E-state index in [1.807, 2.05) is 6.92 Å². The lowest BCUT2D eigenvalue weighted by Crippen LogP contribution is -2.40. The summed E-state index contributed by atoms with van der Waals surface area (Å²) in [6.45, 7) is 2.78. The molecule has 6 nitrogen and oxygen atoms in total. The van der Waals surface area contributed by atoms with E-state index in [4.69, 9.17) is 10.5 Å². The lowest BCUT2D eigenvalue weighted by Gasteiger charge is -2.25.